The summed E-state index contributed by atoms with van der Waals surface area (Å²) in [7, 11) is 0. The largest absolute Gasteiger partial charge is 0.492 e. The van der Waals surface area contributed by atoms with Crippen LogP contribution in [0.2, 0.25) is 10.0 Å². The molecule has 1 spiro atoms. The third-order valence-corrected chi connectivity index (χ3v) is 6.75. The highest BCUT2D eigenvalue weighted by Crippen LogP contribution is 2.41. The van der Waals surface area contributed by atoms with Crippen molar-refractivity contribution in [2.75, 3.05) is 19.7 Å². The smallest absolute Gasteiger partial charge is 0.222 e. The van der Waals surface area contributed by atoms with Crippen LogP contribution in [-0.4, -0.2) is 41.9 Å². The molecule has 2 aliphatic heterocycles. The molecule has 2 aromatic carbocycles. The van der Waals surface area contributed by atoms with E-state index in [4.69, 9.17) is 32.7 Å². The second-order valence-electron chi connectivity index (χ2n) is 8.25. The van der Waals surface area contributed by atoms with Crippen molar-refractivity contribution in [3.05, 3.63) is 57.6 Å². The minimum Gasteiger partial charge on any atom is -0.492 e. The lowest BCUT2D eigenvalue weighted by Gasteiger charge is -2.44. The number of rotatable bonds is 5. The van der Waals surface area contributed by atoms with Crippen molar-refractivity contribution in [1.82, 2.24) is 4.90 Å². The van der Waals surface area contributed by atoms with Crippen LogP contribution < -0.4 is 9.47 Å². The summed E-state index contributed by atoms with van der Waals surface area (Å²) in [6, 6.07) is 10.8. The van der Waals surface area contributed by atoms with Gasteiger partial charge in [-0.1, -0.05) is 35.3 Å². The maximum atomic E-state index is 12.7. The molecule has 0 atom stereocenters. The molecule has 1 saturated heterocycles. The van der Waals surface area contributed by atoms with Crippen molar-refractivity contribution in [1.29, 1.82) is 0 Å². The number of likely N-dealkylation sites (tertiary alicyclic amines) is 1. The fourth-order valence-electron chi connectivity index (χ4n) is 4.18. The molecule has 1 amide bonds. The van der Waals surface area contributed by atoms with Crippen LogP contribution in [-0.2, 0) is 4.79 Å². The van der Waals surface area contributed by atoms with Gasteiger partial charge in [0.15, 0.2) is 5.78 Å². The maximum absolute atomic E-state index is 12.7. The Kier molecular flexibility index (Phi) is 6.44. The number of hydrogen-bond acceptors (Lipinski definition) is 4. The van der Waals surface area contributed by atoms with Crippen molar-refractivity contribution in [2.45, 2.75) is 44.6 Å². The van der Waals surface area contributed by atoms with Gasteiger partial charge in [-0.15, -0.1) is 0 Å². The molecule has 0 unspecified atom stereocenters. The first-order chi connectivity index (χ1) is 14.9. The highest BCUT2D eigenvalue weighted by Gasteiger charge is 2.43. The zero-order valence-corrected chi connectivity index (χ0v) is 19.0. The van der Waals surface area contributed by atoms with E-state index in [9.17, 15) is 9.59 Å². The van der Waals surface area contributed by atoms with Gasteiger partial charge in [0, 0.05) is 37.4 Å². The molecule has 31 heavy (non-hydrogen) atoms. The molecule has 0 radical (unpaired) electrons. The Morgan fingerprint density at radius 1 is 1.16 bits per heavy atom. The number of halogens is 2. The molecular formula is C24H25Cl2NO4. The standard InChI is InChI=1S/C24H25Cl2NO4/c1-16-13-22-17(14-19(16)26)20(28)15-24(31-22)8-10-27(11-9-24)23(29)7-4-12-30-21-6-3-2-5-18(21)25/h2-3,5-6,13-14H,4,7-12,15H2,1H3. The number of hydrogen-bond donors (Lipinski definition) is 0. The van der Waals surface area contributed by atoms with E-state index in [0.717, 1.165) is 5.56 Å². The van der Waals surface area contributed by atoms with Crippen LogP contribution in [0.3, 0.4) is 0 Å². The second kappa shape index (κ2) is 9.09. The Balaban J connectivity index is 1.28. The van der Waals surface area contributed by atoms with Gasteiger partial charge in [-0.25, -0.2) is 0 Å². The SMILES string of the molecule is Cc1cc2c(cc1Cl)C(=O)CC1(CCN(C(=O)CCCOc3ccccc3Cl)CC1)O2. The number of nitrogens with zero attached hydrogens (tertiary/aromatic N) is 1. The summed E-state index contributed by atoms with van der Waals surface area (Å²) in [5.41, 5.74) is 0.907. The van der Waals surface area contributed by atoms with E-state index in [0.29, 0.717) is 78.9 Å². The Morgan fingerprint density at radius 2 is 1.90 bits per heavy atom. The predicted octanol–water partition coefficient (Wildman–Crippen LogP) is 5.49. The molecule has 1 fully saturated rings. The number of aryl methyl sites for hydroxylation is 1. The van der Waals surface area contributed by atoms with Gasteiger partial charge in [0.2, 0.25) is 5.91 Å². The van der Waals surface area contributed by atoms with Gasteiger partial charge in [0.1, 0.15) is 17.1 Å². The predicted molar refractivity (Wildman–Crippen MR) is 120 cm³/mol. The van der Waals surface area contributed by atoms with Crippen LogP contribution in [0.5, 0.6) is 11.5 Å². The van der Waals surface area contributed by atoms with Crippen molar-refractivity contribution in [2.24, 2.45) is 0 Å². The van der Waals surface area contributed by atoms with E-state index in [2.05, 4.69) is 0 Å². The highest BCUT2D eigenvalue weighted by molar-refractivity contribution is 6.32. The molecular weight excluding hydrogens is 437 g/mol. The molecule has 164 valence electrons. The number of carbonyl (C=O) groups is 2. The summed E-state index contributed by atoms with van der Waals surface area (Å²) in [6.07, 6.45) is 2.64. The Bertz CT molecular complexity index is 999. The lowest BCUT2D eigenvalue weighted by molar-refractivity contribution is -0.135. The Morgan fingerprint density at radius 3 is 2.65 bits per heavy atom. The van der Waals surface area contributed by atoms with Crippen molar-refractivity contribution >= 4 is 34.9 Å². The number of fused-ring (bicyclic) bond motifs is 1. The van der Waals surface area contributed by atoms with Crippen LogP contribution in [0.1, 0.15) is 48.0 Å². The molecule has 7 heteroatoms. The maximum Gasteiger partial charge on any atom is 0.222 e. The Labute approximate surface area is 192 Å². The summed E-state index contributed by atoms with van der Waals surface area (Å²) in [6.45, 7) is 3.50. The third kappa shape index (κ3) is 4.83. The first-order valence-corrected chi connectivity index (χ1v) is 11.3. The molecule has 0 bridgehead atoms. The summed E-state index contributed by atoms with van der Waals surface area (Å²) < 4.78 is 12.0. The van der Waals surface area contributed by atoms with Gasteiger partial charge < -0.3 is 14.4 Å². The lowest BCUT2D eigenvalue weighted by atomic mass is 9.82. The number of amides is 1. The molecule has 0 aliphatic carbocycles. The minimum absolute atomic E-state index is 0.0552. The first kappa shape index (κ1) is 22.0. The molecule has 4 rings (SSSR count). The normalized spacial score (nSPS) is 17.3. The summed E-state index contributed by atoms with van der Waals surface area (Å²) in [5.74, 6) is 1.39. The van der Waals surface area contributed by atoms with Gasteiger partial charge in [-0.2, -0.15) is 0 Å². The topological polar surface area (TPSA) is 55.8 Å². The summed E-state index contributed by atoms with van der Waals surface area (Å²) in [5, 5.41) is 1.14. The number of para-hydroxylation sites is 1. The van der Waals surface area contributed by atoms with Crippen LogP contribution in [0, 0.1) is 6.92 Å². The zero-order valence-electron chi connectivity index (χ0n) is 17.5. The molecule has 2 aliphatic rings. The number of piperidine rings is 1. The van der Waals surface area contributed by atoms with Crippen molar-refractivity contribution in [3.8, 4) is 11.5 Å². The van der Waals surface area contributed by atoms with Crippen LogP contribution in [0.15, 0.2) is 36.4 Å². The number of carbonyl (C=O) groups excluding carboxylic acids is 2. The number of ether oxygens (including phenoxy) is 2. The molecule has 0 saturated carbocycles. The molecule has 5 nitrogen and oxygen atoms in total. The second-order valence-corrected chi connectivity index (χ2v) is 9.06. The fraction of sp³-hybridized carbons (Fsp3) is 0.417. The van der Waals surface area contributed by atoms with Gasteiger partial charge >= 0.3 is 0 Å². The number of ketones is 1. The van der Waals surface area contributed by atoms with Gasteiger partial charge in [0.25, 0.3) is 0 Å². The van der Waals surface area contributed by atoms with E-state index >= 15 is 0 Å². The molecule has 0 aromatic heterocycles. The monoisotopic (exact) mass is 461 g/mol. The average molecular weight is 462 g/mol. The van der Waals surface area contributed by atoms with E-state index in [1.165, 1.54) is 0 Å². The summed E-state index contributed by atoms with van der Waals surface area (Å²) >= 11 is 12.2. The van der Waals surface area contributed by atoms with Crippen LogP contribution in [0.4, 0.5) is 0 Å². The van der Waals surface area contributed by atoms with E-state index < -0.39 is 5.60 Å². The van der Waals surface area contributed by atoms with Gasteiger partial charge in [0.05, 0.1) is 23.6 Å². The third-order valence-electron chi connectivity index (χ3n) is 6.03. The van der Waals surface area contributed by atoms with E-state index in [-0.39, 0.29) is 11.7 Å². The number of Topliss-reactive ketones (excluding diaryl/α,β-unsaturated/α-hetero) is 1. The highest BCUT2D eigenvalue weighted by atomic mass is 35.5. The quantitative estimate of drug-likeness (QED) is 0.552. The van der Waals surface area contributed by atoms with Crippen molar-refractivity contribution < 1.29 is 19.1 Å². The zero-order chi connectivity index (χ0) is 22.0. The lowest BCUT2D eigenvalue weighted by Crippen LogP contribution is -2.52. The van der Waals surface area contributed by atoms with Crippen LogP contribution in [0.25, 0.3) is 0 Å². The molecule has 2 aromatic rings. The average Bonchev–Trinajstić information content (AvgIpc) is 2.74. The van der Waals surface area contributed by atoms with Crippen LogP contribution >= 0.6 is 23.2 Å². The van der Waals surface area contributed by atoms with Crippen molar-refractivity contribution in [3.63, 3.8) is 0 Å². The van der Waals surface area contributed by atoms with E-state index in [1.54, 1.807) is 12.1 Å². The summed E-state index contributed by atoms with van der Waals surface area (Å²) in [4.78, 5) is 27.2. The fourth-order valence-corrected chi connectivity index (χ4v) is 4.54. The van der Waals surface area contributed by atoms with E-state index in [1.807, 2.05) is 36.1 Å². The minimum atomic E-state index is -0.533. The number of benzene rings is 2. The first-order valence-electron chi connectivity index (χ1n) is 10.5. The molecule has 0 N–H and O–H groups in total. The Hall–Kier alpha value is -2.24. The molecule has 2 heterocycles. The van der Waals surface area contributed by atoms with Gasteiger partial charge in [-0.3, -0.25) is 9.59 Å². The van der Waals surface area contributed by atoms with Gasteiger partial charge in [-0.05, 0) is 43.2 Å².